The lowest BCUT2D eigenvalue weighted by Crippen LogP contribution is -2.12. The van der Waals surface area contributed by atoms with Crippen LogP contribution < -0.4 is 10.0 Å². The Morgan fingerprint density at radius 1 is 1.00 bits per heavy atom. The molecule has 1 unspecified atom stereocenters. The van der Waals surface area contributed by atoms with Crippen molar-refractivity contribution in [3.63, 3.8) is 0 Å². The number of nitrogens with one attached hydrogen (secondary N) is 3. The zero-order chi connectivity index (χ0) is 20.9. The molecule has 4 rings (SSSR count). The third-order valence-electron chi connectivity index (χ3n) is 4.19. The van der Waals surface area contributed by atoms with Gasteiger partial charge in [-0.1, -0.05) is 18.2 Å². The van der Waals surface area contributed by atoms with E-state index in [-0.39, 0.29) is 17.4 Å². The molecule has 0 bridgehead atoms. The van der Waals surface area contributed by atoms with Crippen molar-refractivity contribution < 1.29 is 14.1 Å². The Hall–Kier alpha value is -3.98. The number of aromatic nitrogens is 3. The van der Waals surface area contributed by atoms with E-state index < -0.39 is 11.0 Å². The van der Waals surface area contributed by atoms with E-state index in [1.807, 2.05) is 0 Å². The summed E-state index contributed by atoms with van der Waals surface area (Å²) >= 11 is 0. The zero-order valence-corrected chi connectivity index (χ0v) is 16.4. The lowest BCUT2D eigenvalue weighted by Gasteiger charge is -2.07. The molecule has 2 heterocycles. The summed E-state index contributed by atoms with van der Waals surface area (Å²) in [6.07, 6.45) is 1.61. The van der Waals surface area contributed by atoms with Crippen LogP contribution in [0.5, 0.6) is 5.75 Å². The summed E-state index contributed by atoms with van der Waals surface area (Å²) in [6.45, 7) is 0. The topological polar surface area (TPSA) is 120 Å². The number of carbonyl (C=O) groups excluding carboxylic acids is 1. The van der Waals surface area contributed by atoms with E-state index in [4.69, 9.17) is 0 Å². The molecule has 150 valence electrons. The molecule has 30 heavy (non-hydrogen) atoms. The molecule has 0 saturated heterocycles. The predicted molar refractivity (Wildman–Crippen MR) is 114 cm³/mol. The molecule has 9 heteroatoms. The van der Waals surface area contributed by atoms with Crippen LogP contribution in [0.25, 0.3) is 11.3 Å². The minimum atomic E-state index is -1.48. The summed E-state index contributed by atoms with van der Waals surface area (Å²) in [5, 5.41) is 19.4. The van der Waals surface area contributed by atoms with Crippen LogP contribution in [0.15, 0.2) is 83.9 Å². The Kier molecular flexibility index (Phi) is 5.53. The second-order valence-corrected chi connectivity index (χ2v) is 7.46. The number of phenols is 1. The molecule has 4 N–H and O–H groups in total. The number of carbonyl (C=O) groups is 1. The monoisotopic (exact) mass is 419 g/mol. The largest absolute Gasteiger partial charge is 0.507 e. The van der Waals surface area contributed by atoms with Crippen molar-refractivity contribution in [2.75, 3.05) is 10.0 Å². The average molecular weight is 419 g/mol. The average Bonchev–Trinajstić information content (AvgIpc) is 3.25. The first-order chi connectivity index (χ1) is 14.6. The van der Waals surface area contributed by atoms with Gasteiger partial charge in [-0.3, -0.25) is 14.6 Å². The number of H-pyrrole nitrogens is 1. The van der Waals surface area contributed by atoms with Crippen LogP contribution in [-0.2, 0) is 11.0 Å². The lowest BCUT2D eigenvalue weighted by atomic mass is 10.1. The molecule has 0 fully saturated rings. The number of aromatic hydroxyl groups is 1. The van der Waals surface area contributed by atoms with Gasteiger partial charge in [0, 0.05) is 17.4 Å². The third kappa shape index (κ3) is 4.36. The molecule has 4 aromatic rings. The van der Waals surface area contributed by atoms with Gasteiger partial charge in [-0.15, -0.1) is 0 Å². The smallest absolute Gasteiger partial charge is 0.273 e. The van der Waals surface area contributed by atoms with Gasteiger partial charge in [0.15, 0.2) is 11.0 Å². The number of aromatic amines is 1. The summed E-state index contributed by atoms with van der Waals surface area (Å²) in [7, 11) is -1.48. The van der Waals surface area contributed by atoms with E-state index in [9.17, 15) is 14.1 Å². The Bertz CT molecular complexity index is 1190. The van der Waals surface area contributed by atoms with Crippen molar-refractivity contribution >= 4 is 28.4 Å². The maximum absolute atomic E-state index is 12.5. The van der Waals surface area contributed by atoms with Crippen molar-refractivity contribution in [1.82, 2.24) is 15.2 Å². The Morgan fingerprint density at radius 2 is 1.77 bits per heavy atom. The first-order valence-electron chi connectivity index (χ1n) is 8.95. The highest BCUT2D eigenvalue weighted by molar-refractivity contribution is 7.86. The molecule has 0 aliphatic rings. The lowest BCUT2D eigenvalue weighted by molar-refractivity contribution is 0.102. The van der Waals surface area contributed by atoms with E-state index >= 15 is 0 Å². The highest BCUT2D eigenvalue weighted by Gasteiger charge is 2.13. The quantitative estimate of drug-likeness (QED) is 0.381. The second kappa shape index (κ2) is 8.58. The first kappa shape index (κ1) is 19.3. The fourth-order valence-corrected chi connectivity index (χ4v) is 3.52. The van der Waals surface area contributed by atoms with E-state index in [1.54, 1.807) is 79.0 Å². The van der Waals surface area contributed by atoms with Crippen molar-refractivity contribution in [1.29, 1.82) is 0 Å². The van der Waals surface area contributed by atoms with Crippen molar-refractivity contribution in [3.05, 3.63) is 84.7 Å². The van der Waals surface area contributed by atoms with Gasteiger partial charge in [0.25, 0.3) is 5.91 Å². The summed E-state index contributed by atoms with van der Waals surface area (Å²) in [6, 6.07) is 20.2. The minimum Gasteiger partial charge on any atom is -0.507 e. The minimum absolute atomic E-state index is 0.0823. The molecule has 1 amide bonds. The van der Waals surface area contributed by atoms with Gasteiger partial charge in [-0.2, -0.15) is 5.10 Å². The SMILES string of the molecule is O=C(Nc1ccc(S(=O)Nc2ccccn2)cc1)c1cc(-c2ccccc2O)n[nH]1. The van der Waals surface area contributed by atoms with Crippen LogP contribution in [0.1, 0.15) is 10.5 Å². The van der Waals surface area contributed by atoms with E-state index in [2.05, 4.69) is 25.2 Å². The van der Waals surface area contributed by atoms with Crippen molar-refractivity contribution in [2.24, 2.45) is 0 Å². The first-order valence-corrected chi connectivity index (χ1v) is 10.1. The van der Waals surface area contributed by atoms with E-state index in [0.29, 0.717) is 27.7 Å². The maximum Gasteiger partial charge on any atom is 0.273 e. The van der Waals surface area contributed by atoms with E-state index in [0.717, 1.165) is 0 Å². The summed E-state index contributed by atoms with van der Waals surface area (Å²) in [5.41, 5.74) is 1.78. The van der Waals surface area contributed by atoms with Crippen LogP contribution in [0.3, 0.4) is 0 Å². The zero-order valence-electron chi connectivity index (χ0n) is 15.6. The number of pyridine rings is 1. The molecule has 0 radical (unpaired) electrons. The number of benzene rings is 2. The number of hydrogen-bond acceptors (Lipinski definition) is 5. The van der Waals surface area contributed by atoms with Crippen LogP contribution in [0.4, 0.5) is 11.5 Å². The molecule has 0 saturated carbocycles. The molecule has 8 nitrogen and oxygen atoms in total. The second-order valence-electron chi connectivity index (χ2n) is 6.25. The van der Waals surface area contributed by atoms with E-state index in [1.165, 1.54) is 0 Å². The molecule has 2 aromatic heterocycles. The number of anilines is 2. The molecule has 1 atom stereocenters. The standard InChI is InChI=1S/C21H17N5O3S/c27-19-6-2-1-5-16(19)17-13-18(25-24-17)21(28)23-14-8-10-15(11-9-14)30(29)26-20-7-3-4-12-22-20/h1-13,27H,(H,22,26)(H,23,28)(H,24,25). The van der Waals surface area contributed by atoms with Gasteiger partial charge in [0.1, 0.15) is 17.3 Å². The fourth-order valence-electron chi connectivity index (χ4n) is 2.70. The molecule has 0 aliphatic heterocycles. The van der Waals surface area contributed by atoms with Gasteiger partial charge in [0.2, 0.25) is 0 Å². The molecular formula is C21H17N5O3S. The number of amides is 1. The Morgan fingerprint density at radius 3 is 2.50 bits per heavy atom. The van der Waals surface area contributed by atoms with Gasteiger partial charge in [0.05, 0.1) is 10.6 Å². The number of nitrogens with zero attached hydrogens (tertiary/aromatic N) is 2. The normalized spacial score (nSPS) is 11.6. The highest BCUT2D eigenvalue weighted by atomic mass is 32.2. The summed E-state index contributed by atoms with van der Waals surface area (Å²) < 4.78 is 15.2. The van der Waals surface area contributed by atoms with Crippen molar-refractivity contribution in [3.8, 4) is 17.0 Å². The number of phenolic OH excluding ortho intramolecular Hbond substituents is 1. The van der Waals surface area contributed by atoms with Gasteiger partial charge in [-0.25, -0.2) is 9.19 Å². The van der Waals surface area contributed by atoms with Crippen LogP contribution in [0.2, 0.25) is 0 Å². The molecule has 0 aliphatic carbocycles. The van der Waals surface area contributed by atoms with Crippen molar-refractivity contribution in [2.45, 2.75) is 4.90 Å². The highest BCUT2D eigenvalue weighted by Crippen LogP contribution is 2.27. The van der Waals surface area contributed by atoms with Crippen LogP contribution in [0, 0.1) is 0 Å². The van der Waals surface area contributed by atoms with Crippen LogP contribution in [-0.4, -0.2) is 30.4 Å². The predicted octanol–water partition coefficient (Wildman–Crippen LogP) is 3.56. The number of hydrogen-bond donors (Lipinski definition) is 4. The van der Waals surface area contributed by atoms with Gasteiger partial charge >= 0.3 is 0 Å². The number of para-hydroxylation sites is 1. The molecule has 2 aromatic carbocycles. The summed E-state index contributed by atoms with van der Waals surface area (Å²) in [5.74, 6) is 0.205. The number of rotatable bonds is 6. The van der Waals surface area contributed by atoms with Gasteiger partial charge < -0.3 is 10.4 Å². The van der Waals surface area contributed by atoms with Crippen LogP contribution >= 0.6 is 0 Å². The van der Waals surface area contributed by atoms with Gasteiger partial charge in [-0.05, 0) is 54.6 Å². The Balaban J connectivity index is 1.42. The maximum atomic E-state index is 12.5. The summed E-state index contributed by atoms with van der Waals surface area (Å²) in [4.78, 5) is 17.1. The molecular weight excluding hydrogens is 402 g/mol. The Labute approximate surface area is 174 Å². The fraction of sp³-hybridized carbons (Fsp3) is 0. The molecule has 0 spiro atoms. The third-order valence-corrected chi connectivity index (χ3v) is 5.29.